The van der Waals surface area contributed by atoms with Gasteiger partial charge in [0.25, 0.3) is 0 Å². The Morgan fingerprint density at radius 2 is 1.94 bits per heavy atom. The average Bonchev–Trinajstić information content (AvgIpc) is 2.64. The number of nitrogens with zero attached hydrogens (tertiary/aromatic N) is 2. The molecule has 1 aromatic heterocycles. The topological polar surface area (TPSA) is 66.2 Å². The average molecular weight is 219 g/mol. The summed E-state index contributed by atoms with van der Waals surface area (Å²) in [5.41, 5.74) is 5.59. The Morgan fingerprint density at radius 3 is 2.56 bits per heavy atom. The van der Waals surface area contributed by atoms with E-state index in [2.05, 4.69) is 4.90 Å². The second-order valence-electron chi connectivity index (χ2n) is 4.18. The van der Waals surface area contributed by atoms with Gasteiger partial charge in [-0.25, -0.2) is 0 Å². The summed E-state index contributed by atoms with van der Waals surface area (Å²) in [6, 6.07) is 5.04. The van der Waals surface area contributed by atoms with Crippen molar-refractivity contribution in [2.75, 3.05) is 18.0 Å². The van der Waals surface area contributed by atoms with E-state index in [-0.39, 0.29) is 0 Å². The smallest absolute Gasteiger partial charge is 0.195 e. The fraction of sp³-hybridized carbons (Fsp3) is 0.583. The highest BCUT2D eigenvalue weighted by Crippen LogP contribution is 2.24. The van der Waals surface area contributed by atoms with Crippen LogP contribution in [0, 0.1) is 11.3 Å². The van der Waals surface area contributed by atoms with Crippen LogP contribution in [0.4, 0.5) is 5.88 Å². The third-order valence-corrected chi connectivity index (χ3v) is 2.98. The molecule has 1 atom stereocenters. The Morgan fingerprint density at radius 1 is 1.25 bits per heavy atom. The molecule has 2 rings (SSSR count). The van der Waals surface area contributed by atoms with Crippen molar-refractivity contribution in [3.8, 4) is 6.07 Å². The first-order valence-corrected chi connectivity index (χ1v) is 5.81. The Bertz CT molecular complexity index is 372. The summed E-state index contributed by atoms with van der Waals surface area (Å²) in [5.74, 6) is 1.41. The molecule has 1 aromatic rings. The van der Waals surface area contributed by atoms with Crippen molar-refractivity contribution in [1.82, 2.24) is 0 Å². The zero-order valence-electron chi connectivity index (χ0n) is 9.35. The molecule has 1 unspecified atom stereocenters. The van der Waals surface area contributed by atoms with Crippen LogP contribution in [0.25, 0.3) is 0 Å². The van der Waals surface area contributed by atoms with Gasteiger partial charge in [-0.2, -0.15) is 5.26 Å². The van der Waals surface area contributed by atoms with Crippen LogP contribution in [-0.4, -0.2) is 13.1 Å². The molecular weight excluding hydrogens is 202 g/mol. The van der Waals surface area contributed by atoms with Gasteiger partial charge in [0.15, 0.2) is 11.9 Å². The van der Waals surface area contributed by atoms with Crippen molar-refractivity contribution < 1.29 is 4.42 Å². The number of hydrogen-bond acceptors (Lipinski definition) is 4. The van der Waals surface area contributed by atoms with Gasteiger partial charge in [-0.3, -0.25) is 0 Å². The fourth-order valence-corrected chi connectivity index (χ4v) is 2.03. The van der Waals surface area contributed by atoms with Gasteiger partial charge in [0, 0.05) is 19.2 Å². The molecule has 4 nitrogen and oxygen atoms in total. The van der Waals surface area contributed by atoms with E-state index < -0.39 is 6.04 Å². The lowest BCUT2D eigenvalue weighted by Crippen LogP contribution is -2.23. The summed E-state index contributed by atoms with van der Waals surface area (Å²) < 4.78 is 5.61. The molecule has 0 saturated carbocycles. The lowest BCUT2D eigenvalue weighted by Gasteiger charge is -2.18. The van der Waals surface area contributed by atoms with E-state index in [9.17, 15) is 0 Å². The summed E-state index contributed by atoms with van der Waals surface area (Å²) in [4.78, 5) is 2.24. The summed E-state index contributed by atoms with van der Waals surface area (Å²) in [7, 11) is 0. The van der Waals surface area contributed by atoms with Gasteiger partial charge >= 0.3 is 0 Å². The van der Waals surface area contributed by atoms with Gasteiger partial charge < -0.3 is 15.1 Å². The van der Waals surface area contributed by atoms with Gasteiger partial charge in [-0.1, -0.05) is 12.8 Å². The van der Waals surface area contributed by atoms with E-state index in [1.165, 1.54) is 25.7 Å². The molecule has 4 heteroatoms. The molecule has 0 bridgehead atoms. The minimum atomic E-state index is -0.652. The van der Waals surface area contributed by atoms with Gasteiger partial charge in [-0.15, -0.1) is 0 Å². The van der Waals surface area contributed by atoms with Gasteiger partial charge in [0.1, 0.15) is 5.76 Å². The third-order valence-electron chi connectivity index (χ3n) is 2.98. The van der Waals surface area contributed by atoms with Crippen molar-refractivity contribution in [3.63, 3.8) is 0 Å². The Hall–Kier alpha value is -1.47. The highest BCUT2D eigenvalue weighted by molar-refractivity contribution is 5.37. The number of furan rings is 1. The molecule has 1 aliphatic heterocycles. The summed E-state index contributed by atoms with van der Waals surface area (Å²) >= 11 is 0. The number of nitriles is 1. The van der Waals surface area contributed by atoms with E-state index in [0.717, 1.165) is 19.0 Å². The molecule has 0 aliphatic carbocycles. The number of rotatable bonds is 2. The third kappa shape index (κ3) is 2.37. The molecular formula is C12H17N3O. The molecule has 1 aliphatic rings. The summed E-state index contributed by atoms with van der Waals surface area (Å²) in [5, 5.41) is 8.70. The zero-order valence-corrected chi connectivity index (χ0v) is 9.35. The van der Waals surface area contributed by atoms with E-state index in [1.807, 2.05) is 12.1 Å². The molecule has 86 valence electrons. The molecule has 1 saturated heterocycles. The quantitative estimate of drug-likeness (QED) is 0.828. The Balaban J connectivity index is 2.08. The molecule has 0 aromatic carbocycles. The highest BCUT2D eigenvalue weighted by Gasteiger charge is 2.15. The molecule has 0 spiro atoms. The highest BCUT2D eigenvalue weighted by atomic mass is 16.4. The van der Waals surface area contributed by atoms with Crippen LogP contribution in [0.15, 0.2) is 16.5 Å². The van der Waals surface area contributed by atoms with E-state index >= 15 is 0 Å². The van der Waals surface area contributed by atoms with Crippen molar-refractivity contribution in [1.29, 1.82) is 5.26 Å². The Kier molecular flexibility index (Phi) is 3.47. The standard InChI is InChI=1S/C12H17N3O/c13-9-10(14)11-5-6-12(16-11)15-7-3-1-2-4-8-15/h5-6,10H,1-4,7-8,14H2. The van der Waals surface area contributed by atoms with Crippen LogP contribution >= 0.6 is 0 Å². The predicted octanol–water partition coefficient (Wildman–Crippen LogP) is 2.18. The van der Waals surface area contributed by atoms with Crippen LogP contribution in [-0.2, 0) is 0 Å². The number of hydrogen-bond donors (Lipinski definition) is 1. The lowest BCUT2D eigenvalue weighted by atomic mass is 10.2. The SMILES string of the molecule is N#CC(N)c1ccc(N2CCCCCC2)o1. The second-order valence-corrected chi connectivity index (χ2v) is 4.18. The lowest BCUT2D eigenvalue weighted by molar-refractivity contribution is 0.486. The van der Waals surface area contributed by atoms with Gasteiger partial charge in [0.05, 0.1) is 6.07 Å². The largest absolute Gasteiger partial charge is 0.443 e. The maximum absolute atomic E-state index is 8.70. The second kappa shape index (κ2) is 5.04. The molecule has 0 radical (unpaired) electrons. The van der Waals surface area contributed by atoms with E-state index in [0.29, 0.717) is 5.76 Å². The molecule has 0 amide bonds. The monoisotopic (exact) mass is 219 g/mol. The van der Waals surface area contributed by atoms with Crippen LogP contribution < -0.4 is 10.6 Å². The first-order valence-electron chi connectivity index (χ1n) is 5.81. The fourth-order valence-electron chi connectivity index (χ4n) is 2.03. The number of anilines is 1. The maximum Gasteiger partial charge on any atom is 0.195 e. The van der Waals surface area contributed by atoms with Crippen molar-refractivity contribution in [2.45, 2.75) is 31.7 Å². The molecule has 2 heterocycles. The zero-order chi connectivity index (χ0) is 11.4. The van der Waals surface area contributed by atoms with E-state index in [1.54, 1.807) is 6.07 Å². The molecule has 1 fully saturated rings. The van der Waals surface area contributed by atoms with Crippen LogP contribution in [0.2, 0.25) is 0 Å². The van der Waals surface area contributed by atoms with E-state index in [4.69, 9.17) is 15.4 Å². The van der Waals surface area contributed by atoms with Crippen molar-refractivity contribution in [3.05, 3.63) is 17.9 Å². The first kappa shape index (κ1) is 11.0. The van der Waals surface area contributed by atoms with Gasteiger partial charge in [-0.05, 0) is 18.9 Å². The normalized spacial score (nSPS) is 18.9. The van der Waals surface area contributed by atoms with Crippen molar-refractivity contribution in [2.24, 2.45) is 5.73 Å². The van der Waals surface area contributed by atoms with Crippen LogP contribution in [0.5, 0.6) is 0 Å². The number of nitrogens with two attached hydrogens (primary N) is 1. The summed E-state index contributed by atoms with van der Waals surface area (Å²) in [6.07, 6.45) is 5.00. The van der Waals surface area contributed by atoms with Crippen molar-refractivity contribution >= 4 is 5.88 Å². The van der Waals surface area contributed by atoms with Crippen LogP contribution in [0.3, 0.4) is 0 Å². The summed E-state index contributed by atoms with van der Waals surface area (Å²) in [6.45, 7) is 2.07. The van der Waals surface area contributed by atoms with Gasteiger partial charge in [0.2, 0.25) is 0 Å². The maximum atomic E-state index is 8.70. The molecule has 16 heavy (non-hydrogen) atoms. The minimum Gasteiger partial charge on any atom is -0.443 e. The Labute approximate surface area is 95.6 Å². The first-order chi connectivity index (χ1) is 7.81. The predicted molar refractivity (Wildman–Crippen MR) is 61.9 cm³/mol. The minimum absolute atomic E-state index is 0.557. The van der Waals surface area contributed by atoms with Crippen LogP contribution in [0.1, 0.15) is 37.5 Å². The molecule has 2 N–H and O–H groups in total.